The number of anilines is 1. The number of carbonyl (C=O) groups excluding carboxylic acids is 1. The van der Waals surface area contributed by atoms with Crippen LogP contribution < -0.4 is 5.32 Å². The Morgan fingerprint density at radius 2 is 1.75 bits per heavy atom. The molecule has 1 amide bonds. The van der Waals surface area contributed by atoms with Crippen molar-refractivity contribution in [3.8, 4) is 17.1 Å². The van der Waals surface area contributed by atoms with Crippen LogP contribution in [0.4, 0.5) is 5.69 Å². The SMILES string of the molecule is O=C1Nc2ccc(Cl)cc2C1=Cc1ccc(-c2ccc3cc(O)ccc3c2)o1. The number of phenolic OH excluding ortho intramolecular Hbond substituents is 1. The van der Waals surface area contributed by atoms with E-state index in [9.17, 15) is 9.90 Å². The number of halogens is 1. The molecule has 3 aromatic carbocycles. The average Bonchev–Trinajstić information content (AvgIpc) is 3.27. The van der Waals surface area contributed by atoms with Crippen LogP contribution in [0.1, 0.15) is 11.3 Å². The fourth-order valence-electron chi connectivity index (χ4n) is 3.42. The third-order valence-electron chi connectivity index (χ3n) is 4.79. The van der Waals surface area contributed by atoms with Crippen molar-refractivity contribution >= 4 is 45.6 Å². The number of carbonyl (C=O) groups is 1. The lowest BCUT2D eigenvalue weighted by molar-refractivity contribution is -0.110. The molecular formula is C23H14ClNO3. The van der Waals surface area contributed by atoms with Gasteiger partial charge in [-0.2, -0.15) is 0 Å². The summed E-state index contributed by atoms with van der Waals surface area (Å²) in [6.07, 6.45) is 1.72. The quantitative estimate of drug-likeness (QED) is 0.418. The molecule has 0 fully saturated rings. The number of furan rings is 1. The maximum absolute atomic E-state index is 12.3. The van der Waals surface area contributed by atoms with Crippen LogP contribution in [0.25, 0.3) is 33.7 Å². The minimum Gasteiger partial charge on any atom is -0.508 e. The molecular weight excluding hydrogens is 374 g/mol. The molecule has 0 radical (unpaired) electrons. The Bertz CT molecular complexity index is 1290. The molecule has 0 atom stereocenters. The van der Waals surface area contributed by atoms with Crippen LogP contribution in [0.3, 0.4) is 0 Å². The van der Waals surface area contributed by atoms with Crippen LogP contribution in [-0.2, 0) is 4.79 Å². The molecule has 0 saturated heterocycles. The first-order chi connectivity index (χ1) is 13.6. The highest BCUT2D eigenvalue weighted by Gasteiger charge is 2.24. The molecule has 5 rings (SSSR count). The Morgan fingerprint density at radius 1 is 0.929 bits per heavy atom. The predicted octanol–water partition coefficient (Wildman–Crippen LogP) is 5.95. The molecule has 5 heteroatoms. The lowest BCUT2D eigenvalue weighted by Gasteiger charge is -2.02. The largest absolute Gasteiger partial charge is 0.508 e. The normalized spacial score (nSPS) is 14.5. The highest BCUT2D eigenvalue weighted by molar-refractivity contribution is 6.36. The zero-order chi connectivity index (χ0) is 19.3. The van der Waals surface area contributed by atoms with Gasteiger partial charge in [0.25, 0.3) is 5.91 Å². The van der Waals surface area contributed by atoms with Gasteiger partial charge in [-0.15, -0.1) is 0 Å². The molecule has 4 aromatic rings. The van der Waals surface area contributed by atoms with E-state index in [2.05, 4.69) is 5.32 Å². The summed E-state index contributed by atoms with van der Waals surface area (Å²) in [6.45, 7) is 0. The van der Waals surface area contributed by atoms with Crippen LogP contribution in [0.15, 0.2) is 71.1 Å². The van der Waals surface area contributed by atoms with Gasteiger partial charge in [-0.05, 0) is 65.4 Å². The van der Waals surface area contributed by atoms with Crippen LogP contribution in [-0.4, -0.2) is 11.0 Å². The van der Waals surface area contributed by atoms with Gasteiger partial charge < -0.3 is 14.8 Å². The van der Waals surface area contributed by atoms with E-state index < -0.39 is 0 Å². The van der Waals surface area contributed by atoms with Gasteiger partial charge in [-0.3, -0.25) is 4.79 Å². The summed E-state index contributed by atoms with van der Waals surface area (Å²) < 4.78 is 5.96. The van der Waals surface area contributed by atoms with Gasteiger partial charge in [0, 0.05) is 21.8 Å². The zero-order valence-electron chi connectivity index (χ0n) is 14.6. The molecule has 1 aliphatic rings. The number of nitrogens with one attached hydrogen (secondary N) is 1. The summed E-state index contributed by atoms with van der Waals surface area (Å²) in [6, 6.07) is 20.1. The van der Waals surface area contributed by atoms with Crippen molar-refractivity contribution in [2.75, 3.05) is 5.32 Å². The second kappa shape index (κ2) is 6.29. The minimum atomic E-state index is -0.180. The summed E-state index contributed by atoms with van der Waals surface area (Å²) in [5, 5.41) is 15.0. The van der Waals surface area contributed by atoms with Crippen molar-refractivity contribution in [3.63, 3.8) is 0 Å². The van der Waals surface area contributed by atoms with Crippen LogP contribution in [0.5, 0.6) is 5.75 Å². The molecule has 1 aromatic heterocycles. The molecule has 2 heterocycles. The second-order valence-electron chi connectivity index (χ2n) is 6.65. The van der Waals surface area contributed by atoms with Crippen molar-refractivity contribution < 1.29 is 14.3 Å². The monoisotopic (exact) mass is 387 g/mol. The van der Waals surface area contributed by atoms with Gasteiger partial charge in [-0.25, -0.2) is 0 Å². The van der Waals surface area contributed by atoms with Gasteiger partial charge in [0.1, 0.15) is 17.3 Å². The van der Waals surface area contributed by atoms with E-state index in [4.69, 9.17) is 16.0 Å². The summed E-state index contributed by atoms with van der Waals surface area (Å²) >= 11 is 6.08. The topological polar surface area (TPSA) is 62.5 Å². The number of aromatic hydroxyl groups is 1. The van der Waals surface area contributed by atoms with Gasteiger partial charge >= 0.3 is 0 Å². The first-order valence-corrected chi connectivity index (χ1v) is 9.11. The van der Waals surface area contributed by atoms with E-state index in [0.29, 0.717) is 22.1 Å². The Morgan fingerprint density at radius 3 is 2.64 bits per heavy atom. The highest BCUT2D eigenvalue weighted by Crippen LogP contribution is 2.36. The molecule has 136 valence electrons. The van der Waals surface area contributed by atoms with Crippen LogP contribution >= 0.6 is 11.6 Å². The lowest BCUT2D eigenvalue weighted by atomic mass is 10.1. The van der Waals surface area contributed by atoms with E-state index in [1.807, 2.05) is 36.4 Å². The van der Waals surface area contributed by atoms with Crippen molar-refractivity contribution in [1.82, 2.24) is 0 Å². The Balaban J connectivity index is 1.52. The number of phenols is 1. The number of rotatable bonds is 2. The number of amides is 1. The molecule has 0 unspecified atom stereocenters. The molecule has 0 aliphatic carbocycles. The molecule has 0 bridgehead atoms. The number of fused-ring (bicyclic) bond motifs is 2. The highest BCUT2D eigenvalue weighted by atomic mass is 35.5. The van der Waals surface area contributed by atoms with Gasteiger partial charge in [0.05, 0.1) is 5.57 Å². The molecule has 0 saturated carbocycles. The summed E-state index contributed by atoms with van der Waals surface area (Å²) in [7, 11) is 0. The van der Waals surface area contributed by atoms with Gasteiger partial charge in [0.2, 0.25) is 0 Å². The molecule has 1 aliphatic heterocycles. The second-order valence-corrected chi connectivity index (χ2v) is 7.09. The van der Waals surface area contributed by atoms with Gasteiger partial charge in [-0.1, -0.05) is 29.8 Å². The third kappa shape index (κ3) is 2.84. The van der Waals surface area contributed by atoms with Crippen molar-refractivity contribution in [2.24, 2.45) is 0 Å². The fraction of sp³-hybridized carbons (Fsp3) is 0. The van der Waals surface area contributed by atoms with E-state index in [1.165, 1.54) is 0 Å². The maximum atomic E-state index is 12.3. The molecule has 2 N–H and O–H groups in total. The van der Waals surface area contributed by atoms with E-state index >= 15 is 0 Å². The minimum absolute atomic E-state index is 0.180. The van der Waals surface area contributed by atoms with E-state index in [1.54, 1.807) is 36.4 Å². The van der Waals surface area contributed by atoms with Crippen LogP contribution in [0.2, 0.25) is 5.02 Å². The molecule has 4 nitrogen and oxygen atoms in total. The zero-order valence-corrected chi connectivity index (χ0v) is 15.3. The average molecular weight is 388 g/mol. The summed E-state index contributed by atoms with van der Waals surface area (Å²) in [5.74, 6) is 1.34. The van der Waals surface area contributed by atoms with Crippen molar-refractivity contribution in [2.45, 2.75) is 0 Å². The Hall–Kier alpha value is -3.50. The first-order valence-electron chi connectivity index (χ1n) is 8.73. The fourth-order valence-corrected chi connectivity index (χ4v) is 3.59. The Labute approximate surface area is 165 Å². The lowest BCUT2D eigenvalue weighted by Crippen LogP contribution is -2.03. The first kappa shape index (κ1) is 16.7. The smallest absolute Gasteiger partial charge is 0.256 e. The summed E-state index contributed by atoms with van der Waals surface area (Å²) in [4.78, 5) is 12.3. The molecule has 0 spiro atoms. The summed E-state index contributed by atoms with van der Waals surface area (Å²) in [5.41, 5.74) is 2.95. The number of benzene rings is 3. The van der Waals surface area contributed by atoms with Crippen molar-refractivity contribution in [3.05, 3.63) is 83.1 Å². The number of hydrogen-bond donors (Lipinski definition) is 2. The van der Waals surface area contributed by atoms with Crippen molar-refractivity contribution in [1.29, 1.82) is 0 Å². The number of hydrogen-bond acceptors (Lipinski definition) is 3. The van der Waals surface area contributed by atoms with Gasteiger partial charge in [0.15, 0.2) is 0 Å². The standard InChI is InChI=1S/C23H14ClNO3/c24-16-4-7-21-19(11-16)20(23(27)25-21)12-18-6-8-22(28-18)15-2-1-14-10-17(26)5-3-13(14)9-15/h1-12,26H,(H,25,27). The Kier molecular flexibility index (Phi) is 3.74. The maximum Gasteiger partial charge on any atom is 0.256 e. The molecule has 28 heavy (non-hydrogen) atoms. The van der Waals surface area contributed by atoms with Crippen LogP contribution in [0, 0.1) is 0 Å². The van der Waals surface area contributed by atoms with E-state index in [-0.39, 0.29) is 11.7 Å². The predicted molar refractivity (Wildman–Crippen MR) is 111 cm³/mol. The van der Waals surface area contributed by atoms with E-state index in [0.717, 1.165) is 27.6 Å². The third-order valence-corrected chi connectivity index (χ3v) is 5.02.